The number of rotatable bonds is 4. The topological polar surface area (TPSA) is 87.1 Å². The molecule has 0 bridgehead atoms. The molecule has 1 aliphatic carbocycles. The summed E-state index contributed by atoms with van der Waals surface area (Å²) in [7, 11) is 1.61. The van der Waals surface area contributed by atoms with Crippen LogP contribution >= 0.6 is 0 Å². The molecule has 1 aromatic carbocycles. The van der Waals surface area contributed by atoms with Gasteiger partial charge in [-0.2, -0.15) is 0 Å². The normalized spacial score (nSPS) is 21.7. The maximum absolute atomic E-state index is 13.2. The summed E-state index contributed by atoms with van der Waals surface area (Å²) >= 11 is 0. The first-order valence-corrected chi connectivity index (χ1v) is 12.1. The Morgan fingerprint density at radius 2 is 1.85 bits per heavy atom. The van der Waals surface area contributed by atoms with Gasteiger partial charge in [-0.3, -0.25) is 25.0 Å². The number of ether oxygens (including phenoxy) is 1. The molecule has 3 fully saturated rings. The van der Waals surface area contributed by atoms with Gasteiger partial charge in [-0.05, 0) is 62.1 Å². The zero-order valence-corrected chi connectivity index (χ0v) is 19.6. The third kappa shape index (κ3) is 4.13. The molecule has 5 rings (SSSR count). The van der Waals surface area contributed by atoms with Gasteiger partial charge in [0.05, 0.1) is 25.0 Å². The van der Waals surface area contributed by atoms with Crippen molar-refractivity contribution in [2.45, 2.75) is 56.5 Å². The van der Waals surface area contributed by atoms with Crippen molar-refractivity contribution in [2.75, 3.05) is 25.1 Å². The van der Waals surface area contributed by atoms with Crippen molar-refractivity contribution < 1.29 is 14.3 Å². The number of aromatic nitrogens is 1. The summed E-state index contributed by atoms with van der Waals surface area (Å²) < 4.78 is 5.21. The summed E-state index contributed by atoms with van der Waals surface area (Å²) in [5.74, 6) is 1.47. The van der Waals surface area contributed by atoms with Gasteiger partial charge in [-0.15, -0.1) is 0 Å². The van der Waals surface area contributed by atoms with Gasteiger partial charge in [-0.25, -0.2) is 4.79 Å². The van der Waals surface area contributed by atoms with E-state index in [9.17, 15) is 9.59 Å². The number of nitrogens with zero attached hydrogens (tertiary/aromatic N) is 4. The Morgan fingerprint density at radius 1 is 1.12 bits per heavy atom. The molecular formula is C26H31N5O3. The first-order chi connectivity index (χ1) is 16.6. The van der Waals surface area contributed by atoms with Crippen LogP contribution in [0.4, 0.5) is 10.5 Å². The maximum atomic E-state index is 13.2. The van der Waals surface area contributed by atoms with Crippen LogP contribution in [0.3, 0.4) is 0 Å². The molecule has 3 aliphatic rings. The van der Waals surface area contributed by atoms with Crippen LogP contribution in [0.25, 0.3) is 0 Å². The summed E-state index contributed by atoms with van der Waals surface area (Å²) in [5, 5.41) is 3.09. The predicted octanol–water partition coefficient (Wildman–Crippen LogP) is 4.03. The molecule has 1 aromatic heterocycles. The van der Waals surface area contributed by atoms with Crippen molar-refractivity contribution in [2.24, 2.45) is 4.99 Å². The molecule has 2 saturated heterocycles. The molecule has 1 saturated carbocycles. The van der Waals surface area contributed by atoms with E-state index in [4.69, 9.17) is 9.73 Å². The number of pyridine rings is 1. The number of piperidine rings is 1. The van der Waals surface area contributed by atoms with Crippen LogP contribution in [-0.4, -0.2) is 59.4 Å². The third-order valence-electron chi connectivity index (χ3n) is 7.30. The van der Waals surface area contributed by atoms with Crippen LogP contribution < -0.4 is 15.0 Å². The molecule has 1 spiro atoms. The van der Waals surface area contributed by atoms with Gasteiger partial charge in [0, 0.05) is 24.8 Å². The molecule has 34 heavy (non-hydrogen) atoms. The Hall–Kier alpha value is -3.42. The summed E-state index contributed by atoms with van der Waals surface area (Å²) in [5.41, 5.74) is 0.801. The van der Waals surface area contributed by atoms with E-state index in [1.807, 2.05) is 21.9 Å². The Balaban J connectivity index is 1.42. The number of amidine groups is 1. The lowest BCUT2D eigenvalue weighted by atomic mass is 9.84. The number of anilines is 1. The minimum atomic E-state index is -0.589. The molecule has 8 nitrogen and oxygen atoms in total. The van der Waals surface area contributed by atoms with E-state index in [0.29, 0.717) is 31.5 Å². The first kappa shape index (κ1) is 22.4. The number of aliphatic imine (C=N–C) groups is 1. The molecular weight excluding hydrogens is 430 g/mol. The second-order valence-corrected chi connectivity index (χ2v) is 9.30. The van der Waals surface area contributed by atoms with E-state index >= 15 is 0 Å². The monoisotopic (exact) mass is 461 g/mol. The lowest BCUT2D eigenvalue weighted by molar-refractivity contribution is 0.0700. The number of hydrogen-bond acceptors (Lipinski definition) is 5. The Morgan fingerprint density at radius 3 is 2.50 bits per heavy atom. The van der Waals surface area contributed by atoms with E-state index < -0.39 is 5.54 Å². The SMILES string of the molecule is COc1ccc(C(=O)N2CCC3(CC2)C(=NC2CCCCC2)NC(=O)N3c2cccnc2)cc1. The highest BCUT2D eigenvalue weighted by atomic mass is 16.5. The number of carbonyl (C=O) groups excluding carboxylic acids is 2. The average molecular weight is 462 g/mol. The number of benzene rings is 1. The molecule has 2 aromatic rings. The van der Waals surface area contributed by atoms with E-state index in [0.717, 1.165) is 30.1 Å². The van der Waals surface area contributed by atoms with E-state index in [1.165, 1.54) is 19.3 Å². The fraction of sp³-hybridized carbons (Fsp3) is 0.462. The largest absolute Gasteiger partial charge is 0.497 e. The van der Waals surface area contributed by atoms with Gasteiger partial charge in [0.25, 0.3) is 5.91 Å². The zero-order valence-electron chi connectivity index (χ0n) is 19.6. The van der Waals surface area contributed by atoms with Gasteiger partial charge >= 0.3 is 6.03 Å². The molecule has 0 unspecified atom stereocenters. The molecule has 0 radical (unpaired) electrons. The van der Waals surface area contributed by atoms with E-state index in [1.54, 1.807) is 43.8 Å². The fourth-order valence-electron chi connectivity index (χ4n) is 5.43. The van der Waals surface area contributed by atoms with Crippen molar-refractivity contribution >= 4 is 23.5 Å². The second kappa shape index (κ2) is 9.44. The predicted molar refractivity (Wildman–Crippen MR) is 130 cm³/mol. The Bertz CT molecular complexity index is 1060. The summed E-state index contributed by atoms with van der Waals surface area (Å²) in [6, 6.07) is 11.0. The number of nitrogens with one attached hydrogen (secondary N) is 1. The number of carbonyl (C=O) groups is 2. The second-order valence-electron chi connectivity index (χ2n) is 9.30. The summed E-state index contributed by atoms with van der Waals surface area (Å²) in [6.07, 6.45) is 10.4. The molecule has 178 valence electrons. The summed E-state index contributed by atoms with van der Waals surface area (Å²) in [4.78, 5) is 39.4. The van der Waals surface area contributed by atoms with Gasteiger partial charge in [0.2, 0.25) is 0 Å². The number of urea groups is 1. The highest BCUT2D eigenvalue weighted by Gasteiger charge is 2.53. The molecule has 3 amide bonds. The van der Waals surface area contributed by atoms with Gasteiger partial charge in [0.1, 0.15) is 17.1 Å². The van der Waals surface area contributed by atoms with Crippen molar-refractivity contribution in [3.63, 3.8) is 0 Å². The highest BCUT2D eigenvalue weighted by molar-refractivity contribution is 6.19. The van der Waals surface area contributed by atoms with Gasteiger partial charge in [0.15, 0.2) is 0 Å². The lowest BCUT2D eigenvalue weighted by Crippen LogP contribution is -2.58. The van der Waals surface area contributed by atoms with E-state index in [2.05, 4.69) is 10.3 Å². The average Bonchev–Trinajstić information content (AvgIpc) is 3.15. The minimum Gasteiger partial charge on any atom is -0.497 e. The van der Waals surface area contributed by atoms with Crippen LogP contribution in [0.2, 0.25) is 0 Å². The van der Waals surface area contributed by atoms with Crippen molar-refractivity contribution in [3.8, 4) is 5.75 Å². The number of methoxy groups -OCH3 is 1. The molecule has 1 N–H and O–H groups in total. The smallest absolute Gasteiger partial charge is 0.328 e. The van der Waals surface area contributed by atoms with Crippen LogP contribution in [0.5, 0.6) is 5.75 Å². The molecule has 8 heteroatoms. The fourth-order valence-corrected chi connectivity index (χ4v) is 5.43. The third-order valence-corrected chi connectivity index (χ3v) is 7.30. The van der Waals surface area contributed by atoms with Crippen LogP contribution in [-0.2, 0) is 0 Å². The number of likely N-dealkylation sites (tertiary alicyclic amines) is 1. The standard InChI is InChI=1S/C26H31N5O3/c1-34-22-11-9-19(10-12-22)23(32)30-16-13-26(14-17-30)24(28-20-6-3-2-4-7-20)29-25(33)31(26)21-8-5-15-27-18-21/h5,8-12,15,18,20H,2-4,6-7,13-14,16-17H2,1H3,(H,28,29,33). The highest BCUT2D eigenvalue weighted by Crippen LogP contribution is 2.38. The molecule has 3 heterocycles. The van der Waals surface area contributed by atoms with Crippen LogP contribution in [0.15, 0.2) is 53.8 Å². The number of hydrogen-bond donors (Lipinski definition) is 1. The quantitative estimate of drug-likeness (QED) is 0.745. The van der Waals surface area contributed by atoms with Crippen molar-refractivity contribution in [3.05, 3.63) is 54.4 Å². The minimum absolute atomic E-state index is 0.00603. The van der Waals surface area contributed by atoms with Crippen molar-refractivity contribution in [1.82, 2.24) is 15.2 Å². The lowest BCUT2D eigenvalue weighted by Gasteiger charge is -2.43. The molecule has 0 atom stereocenters. The summed E-state index contributed by atoms with van der Waals surface area (Å²) in [6.45, 7) is 1.08. The number of amides is 3. The zero-order chi connectivity index (χ0) is 23.5. The molecule has 2 aliphatic heterocycles. The Kier molecular flexibility index (Phi) is 6.22. The van der Waals surface area contributed by atoms with Crippen LogP contribution in [0, 0.1) is 0 Å². The first-order valence-electron chi connectivity index (χ1n) is 12.1. The van der Waals surface area contributed by atoms with Gasteiger partial charge in [-0.1, -0.05) is 19.3 Å². The Labute approximate surface area is 200 Å². The van der Waals surface area contributed by atoms with Crippen molar-refractivity contribution in [1.29, 1.82) is 0 Å². The van der Waals surface area contributed by atoms with Crippen LogP contribution in [0.1, 0.15) is 55.3 Å². The maximum Gasteiger partial charge on any atom is 0.328 e. The van der Waals surface area contributed by atoms with Gasteiger partial charge < -0.3 is 9.64 Å². The van der Waals surface area contributed by atoms with E-state index in [-0.39, 0.29) is 18.0 Å².